The third kappa shape index (κ3) is 3.77. The number of fused-ring (bicyclic) bond motifs is 1. The lowest BCUT2D eigenvalue weighted by atomic mass is 9.91. The lowest BCUT2D eigenvalue weighted by Crippen LogP contribution is -2.12. The third-order valence-electron chi connectivity index (χ3n) is 5.35. The molecule has 4 aromatic carbocycles. The van der Waals surface area contributed by atoms with Gasteiger partial charge in [-0.1, -0.05) is 91.0 Å². The number of hydrogen-bond acceptors (Lipinski definition) is 2. The van der Waals surface area contributed by atoms with Crippen LogP contribution in [0.2, 0.25) is 0 Å². The Labute approximate surface area is 184 Å². The van der Waals surface area contributed by atoms with Crippen LogP contribution in [0.5, 0.6) is 0 Å². The average molecular weight is 418 g/mol. The van der Waals surface area contributed by atoms with Gasteiger partial charge in [0.05, 0.1) is 10.9 Å². The van der Waals surface area contributed by atoms with E-state index >= 15 is 0 Å². The van der Waals surface area contributed by atoms with Crippen LogP contribution < -0.4 is 5.43 Å². The standard InChI is InChI=1S/C29H19FO2/c30-23-16-17-26-25(19-23)28(31)27(29(32-26)22-14-8-3-9-15-22)24(21-12-6-2-7-13-21)18-20-10-4-1-5-11-20/h1-19H/b24-18+. The molecule has 0 saturated carbocycles. The van der Waals surface area contributed by atoms with Gasteiger partial charge in [0.2, 0.25) is 5.43 Å². The maximum Gasteiger partial charge on any atom is 0.201 e. The smallest absolute Gasteiger partial charge is 0.201 e. The normalized spacial score (nSPS) is 11.6. The summed E-state index contributed by atoms with van der Waals surface area (Å²) in [5.41, 5.74) is 3.81. The molecular weight excluding hydrogens is 399 g/mol. The molecule has 0 radical (unpaired) electrons. The minimum atomic E-state index is -0.475. The molecule has 5 rings (SSSR count). The van der Waals surface area contributed by atoms with Gasteiger partial charge in [0, 0.05) is 5.56 Å². The van der Waals surface area contributed by atoms with Gasteiger partial charge in [0.15, 0.2) is 0 Å². The molecule has 0 fully saturated rings. The number of halogens is 1. The zero-order valence-corrected chi connectivity index (χ0v) is 17.2. The van der Waals surface area contributed by atoms with Gasteiger partial charge in [-0.2, -0.15) is 0 Å². The van der Waals surface area contributed by atoms with Crippen LogP contribution >= 0.6 is 0 Å². The molecule has 0 saturated heterocycles. The lowest BCUT2D eigenvalue weighted by Gasteiger charge is -2.14. The van der Waals surface area contributed by atoms with Gasteiger partial charge < -0.3 is 4.42 Å². The van der Waals surface area contributed by atoms with Crippen LogP contribution in [-0.4, -0.2) is 0 Å². The van der Waals surface area contributed by atoms with Crippen LogP contribution in [0, 0.1) is 5.82 Å². The molecule has 0 bridgehead atoms. The van der Waals surface area contributed by atoms with E-state index in [1.165, 1.54) is 18.2 Å². The third-order valence-corrected chi connectivity index (χ3v) is 5.35. The fourth-order valence-electron chi connectivity index (χ4n) is 3.84. The van der Waals surface area contributed by atoms with Crippen molar-refractivity contribution in [1.82, 2.24) is 0 Å². The minimum Gasteiger partial charge on any atom is -0.455 e. The van der Waals surface area contributed by atoms with Gasteiger partial charge in [-0.15, -0.1) is 0 Å². The Balaban J connectivity index is 1.90. The Morgan fingerprint density at radius 2 is 1.38 bits per heavy atom. The first-order valence-electron chi connectivity index (χ1n) is 10.3. The van der Waals surface area contributed by atoms with Crippen LogP contribution in [0.3, 0.4) is 0 Å². The second-order valence-corrected chi connectivity index (χ2v) is 7.48. The van der Waals surface area contributed by atoms with Gasteiger partial charge in [-0.05, 0) is 41.0 Å². The minimum absolute atomic E-state index is 0.217. The molecule has 1 aromatic heterocycles. The Morgan fingerprint density at radius 1 is 0.750 bits per heavy atom. The predicted octanol–water partition coefficient (Wildman–Crippen LogP) is 7.19. The van der Waals surface area contributed by atoms with E-state index in [0.717, 1.165) is 22.3 Å². The monoisotopic (exact) mass is 418 g/mol. The molecule has 0 aliphatic rings. The van der Waals surface area contributed by atoms with Gasteiger partial charge in [-0.3, -0.25) is 4.79 Å². The Morgan fingerprint density at radius 3 is 2.06 bits per heavy atom. The van der Waals surface area contributed by atoms with Gasteiger partial charge >= 0.3 is 0 Å². The van der Waals surface area contributed by atoms with Crippen LogP contribution in [-0.2, 0) is 0 Å². The summed E-state index contributed by atoms with van der Waals surface area (Å²) in [5.74, 6) is -0.0164. The molecule has 0 aliphatic carbocycles. The van der Waals surface area contributed by atoms with E-state index in [1.807, 2.05) is 97.1 Å². The maximum absolute atomic E-state index is 14.0. The molecule has 5 aromatic rings. The summed E-state index contributed by atoms with van der Waals surface area (Å²) in [6.07, 6.45) is 1.97. The molecular formula is C29H19FO2. The first-order chi connectivity index (χ1) is 15.7. The predicted molar refractivity (Wildman–Crippen MR) is 128 cm³/mol. The highest BCUT2D eigenvalue weighted by Crippen LogP contribution is 2.34. The van der Waals surface area contributed by atoms with E-state index in [4.69, 9.17) is 4.42 Å². The zero-order valence-electron chi connectivity index (χ0n) is 17.2. The summed E-state index contributed by atoms with van der Waals surface area (Å²) < 4.78 is 20.3. The first kappa shape index (κ1) is 19.7. The second kappa shape index (κ2) is 8.48. The molecule has 0 unspecified atom stereocenters. The van der Waals surface area contributed by atoms with Crippen LogP contribution in [0.25, 0.3) is 33.9 Å². The van der Waals surface area contributed by atoms with Crippen molar-refractivity contribution in [2.75, 3.05) is 0 Å². The fourth-order valence-corrected chi connectivity index (χ4v) is 3.84. The van der Waals surface area contributed by atoms with E-state index in [-0.39, 0.29) is 10.8 Å². The highest BCUT2D eigenvalue weighted by atomic mass is 19.1. The van der Waals surface area contributed by atoms with Crippen LogP contribution in [0.15, 0.2) is 118 Å². The van der Waals surface area contributed by atoms with Crippen molar-refractivity contribution in [2.45, 2.75) is 0 Å². The maximum atomic E-state index is 14.0. The lowest BCUT2D eigenvalue weighted by molar-refractivity contribution is 0.607. The van der Waals surface area contributed by atoms with Crippen molar-refractivity contribution in [1.29, 1.82) is 0 Å². The van der Waals surface area contributed by atoms with Crippen LogP contribution in [0.1, 0.15) is 16.7 Å². The van der Waals surface area contributed by atoms with Crippen molar-refractivity contribution in [2.24, 2.45) is 0 Å². The van der Waals surface area contributed by atoms with Crippen molar-refractivity contribution < 1.29 is 8.81 Å². The quantitative estimate of drug-likeness (QED) is 0.289. The summed E-state index contributed by atoms with van der Waals surface area (Å²) in [7, 11) is 0. The Bertz CT molecular complexity index is 1470. The molecule has 2 nitrogen and oxygen atoms in total. The largest absolute Gasteiger partial charge is 0.455 e. The molecule has 32 heavy (non-hydrogen) atoms. The molecule has 0 amide bonds. The molecule has 154 valence electrons. The first-order valence-corrected chi connectivity index (χ1v) is 10.3. The summed E-state index contributed by atoms with van der Waals surface area (Å²) >= 11 is 0. The highest BCUT2D eigenvalue weighted by Gasteiger charge is 2.21. The average Bonchev–Trinajstić information content (AvgIpc) is 2.85. The molecule has 0 spiro atoms. The summed E-state index contributed by atoms with van der Waals surface area (Å²) in [6, 6.07) is 33.1. The van der Waals surface area contributed by atoms with E-state index in [9.17, 15) is 9.18 Å². The van der Waals surface area contributed by atoms with Crippen molar-refractivity contribution in [3.05, 3.63) is 142 Å². The van der Waals surface area contributed by atoms with E-state index < -0.39 is 5.82 Å². The fraction of sp³-hybridized carbons (Fsp3) is 0. The zero-order chi connectivity index (χ0) is 21.9. The molecule has 0 N–H and O–H groups in total. The van der Waals surface area contributed by atoms with Gasteiger partial charge in [0.1, 0.15) is 17.2 Å². The summed E-state index contributed by atoms with van der Waals surface area (Å²) in [5, 5.41) is 0.217. The SMILES string of the molecule is O=c1c(/C(=C/c2ccccc2)c2ccccc2)c(-c2ccccc2)oc2ccc(F)cc12. The topological polar surface area (TPSA) is 30.2 Å². The van der Waals surface area contributed by atoms with Crippen molar-refractivity contribution in [3.63, 3.8) is 0 Å². The number of hydrogen-bond donors (Lipinski definition) is 0. The molecule has 1 heterocycles. The van der Waals surface area contributed by atoms with Crippen LogP contribution in [0.4, 0.5) is 4.39 Å². The highest BCUT2D eigenvalue weighted by molar-refractivity contribution is 5.98. The summed E-state index contributed by atoms with van der Waals surface area (Å²) in [6.45, 7) is 0. The Kier molecular flexibility index (Phi) is 5.22. The molecule has 3 heteroatoms. The molecule has 0 aliphatic heterocycles. The number of benzene rings is 4. The second-order valence-electron chi connectivity index (χ2n) is 7.48. The summed E-state index contributed by atoms with van der Waals surface area (Å²) in [4.78, 5) is 13.8. The van der Waals surface area contributed by atoms with E-state index in [0.29, 0.717) is 16.9 Å². The number of rotatable bonds is 4. The van der Waals surface area contributed by atoms with Gasteiger partial charge in [-0.25, -0.2) is 4.39 Å². The van der Waals surface area contributed by atoms with Crippen molar-refractivity contribution >= 4 is 22.6 Å². The van der Waals surface area contributed by atoms with E-state index in [1.54, 1.807) is 0 Å². The van der Waals surface area contributed by atoms with E-state index in [2.05, 4.69) is 0 Å². The molecule has 0 atom stereocenters. The van der Waals surface area contributed by atoms with Gasteiger partial charge in [0.25, 0.3) is 0 Å². The van der Waals surface area contributed by atoms with Crippen molar-refractivity contribution in [3.8, 4) is 11.3 Å². The Hall–Kier alpha value is -4.24.